The van der Waals surface area contributed by atoms with E-state index < -0.39 is 0 Å². The first-order valence-electron chi connectivity index (χ1n) is 6.40. The van der Waals surface area contributed by atoms with Crippen LogP contribution in [-0.4, -0.2) is 37.5 Å². The number of hydrogen-bond acceptors (Lipinski definition) is 2. The first kappa shape index (κ1) is 13.8. The predicted molar refractivity (Wildman–Crippen MR) is 81.7 cm³/mol. The van der Waals surface area contributed by atoms with Gasteiger partial charge in [-0.1, -0.05) is 12.1 Å². The van der Waals surface area contributed by atoms with Crippen LogP contribution in [0.25, 0.3) is 0 Å². The fraction of sp³-hybridized carbons (Fsp3) is 0.500. The minimum Gasteiger partial charge on any atom is -0.338 e. The van der Waals surface area contributed by atoms with Crippen molar-refractivity contribution in [1.29, 1.82) is 0 Å². The molecule has 0 aromatic heterocycles. The number of rotatable bonds is 3. The zero-order valence-electron chi connectivity index (χ0n) is 10.7. The van der Waals surface area contributed by atoms with Crippen molar-refractivity contribution >= 4 is 28.5 Å². The minimum absolute atomic E-state index is 0.181. The number of likely N-dealkylation sites (tertiary alicyclic amines) is 1. The van der Waals surface area contributed by atoms with Crippen LogP contribution < -0.4 is 5.32 Å². The molecule has 0 spiro atoms. The maximum atomic E-state index is 12.5. The Hall–Kier alpha value is -0.620. The van der Waals surface area contributed by atoms with Crippen LogP contribution in [0, 0.1) is 9.49 Å². The average Bonchev–Trinajstić information content (AvgIpc) is 2.39. The SMILES string of the molecule is CNCC1CCCN(C(=O)c2ccccc2I)C1. The van der Waals surface area contributed by atoms with Crippen LogP contribution in [-0.2, 0) is 0 Å². The summed E-state index contributed by atoms with van der Waals surface area (Å²) in [7, 11) is 1.97. The maximum absolute atomic E-state index is 12.5. The molecule has 3 nitrogen and oxygen atoms in total. The number of hydrogen-bond donors (Lipinski definition) is 1. The summed E-state index contributed by atoms with van der Waals surface area (Å²) in [4.78, 5) is 14.5. The van der Waals surface area contributed by atoms with Crippen molar-refractivity contribution in [3.8, 4) is 0 Å². The molecule has 1 unspecified atom stereocenters. The Balaban J connectivity index is 2.07. The van der Waals surface area contributed by atoms with E-state index in [0.717, 1.165) is 35.2 Å². The van der Waals surface area contributed by atoms with E-state index in [1.54, 1.807) is 0 Å². The molecule has 1 aromatic carbocycles. The van der Waals surface area contributed by atoms with E-state index in [1.165, 1.54) is 6.42 Å². The third-order valence-electron chi connectivity index (χ3n) is 3.40. The molecule has 1 atom stereocenters. The molecule has 0 saturated carbocycles. The van der Waals surface area contributed by atoms with E-state index in [1.807, 2.05) is 36.2 Å². The van der Waals surface area contributed by atoms with Gasteiger partial charge in [-0.25, -0.2) is 0 Å². The number of nitrogens with zero attached hydrogens (tertiary/aromatic N) is 1. The molecule has 1 aromatic rings. The van der Waals surface area contributed by atoms with Crippen LogP contribution >= 0.6 is 22.6 Å². The summed E-state index contributed by atoms with van der Waals surface area (Å²) in [6.07, 6.45) is 2.33. The summed E-state index contributed by atoms with van der Waals surface area (Å²) in [5.41, 5.74) is 0.836. The lowest BCUT2D eigenvalue weighted by atomic mass is 9.97. The molecule has 0 bridgehead atoms. The Labute approximate surface area is 122 Å². The van der Waals surface area contributed by atoms with Crippen LogP contribution in [0.15, 0.2) is 24.3 Å². The van der Waals surface area contributed by atoms with Gasteiger partial charge in [0.25, 0.3) is 5.91 Å². The minimum atomic E-state index is 0.181. The number of carbonyl (C=O) groups is 1. The molecule has 1 amide bonds. The van der Waals surface area contributed by atoms with Crippen molar-refractivity contribution < 1.29 is 4.79 Å². The van der Waals surface area contributed by atoms with Gasteiger partial charge in [-0.05, 0) is 67.1 Å². The number of halogens is 1. The molecular formula is C14H19IN2O. The normalized spacial score (nSPS) is 19.9. The fourth-order valence-electron chi connectivity index (χ4n) is 2.51. The fourth-order valence-corrected chi connectivity index (χ4v) is 3.13. The van der Waals surface area contributed by atoms with Gasteiger partial charge in [0.15, 0.2) is 0 Å². The number of benzene rings is 1. The first-order valence-corrected chi connectivity index (χ1v) is 7.48. The van der Waals surface area contributed by atoms with Crippen LogP contribution in [0.2, 0.25) is 0 Å². The average molecular weight is 358 g/mol. The van der Waals surface area contributed by atoms with E-state index in [2.05, 4.69) is 27.9 Å². The monoisotopic (exact) mass is 358 g/mol. The Bertz CT molecular complexity index is 420. The molecule has 2 rings (SSSR count). The molecule has 1 aliphatic rings. The topological polar surface area (TPSA) is 32.3 Å². The van der Waals surface area contributed by atoms with Crippen molar-refractivity contribution in [3.05, 3.63) is 33.4 Å². The van der Waals surface area contributed by atoms with Crippen LogP contribution in [0.3, 0.4) is 0 Å². The van der Waals surface area contributed by atoms with E-state index in [0.29, 0.717) is 5.92 Å². The van der Waals surface area contributed by atoms with Gasteiger partial charge in [-0.15, -0.1) is 0 Å². The van der Waals surface area contributed by atoms with Gasteiger partial charge in [-0.3, -0.25) is 4.79 Å². The summed E-state index contributed by atoms with van der Waals surface area (Å²) in [5.74, 6) is 0.773. The molecule has 1 heterocycles. The van der Waals surface area contributed by atoms with Gasteiger partial charge < -0.3 is 10.2 Å². The molecule has 1 saturated heterocycles. The predicted octanol–water partition coefficient (Wildman–Crippen LogP) is 2.36. The molecule has 0 radical (unpaired) electrons. The highest BCUT2D eigenvalue weighted by Gasteiger charge is 2.24. The first-order chi connectivity index (χ1) is 8.72. The van der Waals surface area contributed by atoms with Crippen molar-refractivity contribution in [2.24, 2.45) is 5.92 Å². The van der Waals surface area contributed by atoms with Gasteiger partial charge in [0.1, 0.15) is 0 Å². The van der Waals surface area contributed by atoms with Crippen molar-refractivity contribution in [1.82, 2.24) is 10.2 Å². The van der Waals surface area contributed by atoms with Gasteiger partial charge in [0.05, 0.1) is 5.56 Å². The highest BCUT2D eigenvalue weighted by Crippen LogP contribution is 2.20. The lowest BCUT2D eigenvalue weighted by Crippen LogP contribution is -2.42. The smallest absolute Gasteiger partial charge is 0.254 e. The summed E-state index contributed by atoms with van der Waals surface area (Å²) in [6.45, 7) is 2.77. The summed E-state index contributed by atoms with van der Waals surface area (Å²) in [5, 5.41) is 3.21. The largest absolute Gasteiger partial charge is 0.338 e. The number of piperidine rings is 1. The van der Waals surface area contributed by atoms with E-state index in [9.17, 15) is 4.79 Å². The molecule has 18 heavy (non-hydrogen) atoms. The van der Waals surface area contributed by atoms with Gasteiger partial charge in [-0.2, -0.15) is 0 Å². The van der Waals surface area contributed by atoms with Crippen LogP contribution in [0.5, 0.6) is 0 Å². The standard InChI is InChI=1S/C14H19IN2O/c1-16-9-11-5-4-8-17(10-11)14(18)12-6-2-3-7-13(12)15/h2-3,6-7,11,16H,4-5,8-10H2,1H3. The molecule has 4 heteroatoms. The van der Waals surface area contributed by atoms with Crippen LogP contribution in [0.4, 0.5) is 0 Å². The molecule has 98 valence electrons. The van der Waals surface area contributed by atoms with Crippen molar-refractivity contribution in [3.63, 3.8) is 0 Å². The second kappa shape index (κ2) is 6.52. The molecular weight excluding hydrogens is 339 g/mol. The summed E-state index contributed by atoms with van der Waals surface area (Å²) >= 11 is 2.23. The lowest BCUT2D eigenvalue weighted by molar-refractivity contribution is 0.0673. The summed E-state index contributed by atoms with van der Waals surface area (Å²) < 4.78 is 1.04. The third-order valence-corrected chi connectivity index (χ3v) is 4.34. The number of nitrogens with one attached hydrogen (secondary N) is 1. The Morgan fingerprint density at radius 1 is 1.50 bits per heavy atom. The zero-order chi connectivity index (χ0) is 13.0. The van der Waals surface area contributed by atoms with Crippen molar-refractivity contribution in [2.75, 3.05) is 26.7 Å². The lowest BCUT2D eigenvalue weighted by Gasteiger charge is -2.33. The Morgan fingerprint density at radius 2 is 2.28 bits per heavy atom. The van der Waals surface area contributed by atoms with E-state index in [-0.39, 0.29) is 5.91 Å². The second-order valence-corrected chi connectivity index (χ2v) is 5.96. The van der Waals surface area contributed by atoms with E-state index in [4.69, 9.17) is 0 Å². The zero-order valence-corrected chi connectivity index (χ0v) is 12.8. The van der Waals surface area contributed by atoms with Gasteiger partial charge in [0, 0.05) is 16.7 Å². The second-order valence-electron chi connectivity index (χ2n) is 4.80. The van der Waals surface area contributed by atoms with Gasteiger partial charge >= 0.3 is 0 Å². The highest BCUT2D eigenvalue weighted by atomic mass is 127. The molecule has 1 N–H and O–H groups in total. The Kier molecular flexibility index (Phi) is 5.00. The number of amides is 1. The molecule has 1 fully saturated rings. The van der Waals surface area contributed by atoms with Crippen molar-refractivity contribution in [2.45, 2.75) is 12.8 Å². The van der Waals surface area contributed by atoms with Gasteiger partial charge in [0.2, 0.25) is 0 Å². The molecule has 0 aliphatic carbocycles. The number of carbonyl (C=O) groups excluding carboxylic acids is 1. The van der Waals surface area contributed by atoms with E-state index >= 15 is 0 Å². The van der Waals surface area contributed by atoms with Crippen LogP contribution in [0.1, 0.15) is 23.2 Å². The quantitative estimate of drug-likeness (QED) is 0.842. The Morgan fingerprint density at radius 3 is 3.00 bits per heavy atom. The molecule has 1 aliphatic heterocycles. The maximum Gasteiger partial charge on any atom is 0.254 e. The third kappa shape index (κ3) is 3.23. The summed E-state index contributed by atoms with van der Waals surface area (Å²) in [6, 6.07) is 7.82. The highest BCUT2D eigenvalue weighted by molar-refractivity contribution is 14.1.